The molecule has 2 aliphatic rings. The number of sulfonamides is 1. The molecule has 1 fully saturated rings. The van der Waals surface area contributed by atoms with Crippen LogP contribution in [0.1, 0.15) is 45.6 Å². The molecule has 0 aromatic heterocycles. The number of aliphatic hydroxyl groups is 1. The summed E-state index contributed by atoms with van der Waals surface area (Å²) in [6.45, 7) is 5.37. The van der Waals surface area contributed by atoms with Crippen LogP contribution < -0.4 is 14.8 Å². The van der Waals surface area contributed by atoms with Crippen molar-refractivity contribution in [3.05, 3.63) is 66.2 Å². The maximum absolute atomic E-state index is 14.4. The second-order valence-electron chi connectivity index (χ2n) is 12.0. The molecule has 0 radical (unpaired) electrons. The molecule has 0 spiro atoms. The standard InChI is InChI=1S/C32H43N3O8S/c1-32(2,3)43-31(38)33-26(19-23-11-7-5-8-12-23)27(36)22-34-21-24-13-16-30(37)35(24)17-9-6-10-18-42-28-20-25(41-4)14-15-29(28)44(34,39)40/h5-9,11-12,14-15,20,24,26-27,36H,10,13,16-19,21-22H2,1-4H3,(H,33,38)/b9-6+/t24-,26+,27-/m1/s1. The Balaban J connectivity index is 1.71. The molecule has 2 amide bonds. The zero-order valence-electron chi connectivity index (χ0n) is 25.8. The van der Waals surface area contributed by atoms with Crippen LogP contribution in [0.15, 0.2) is 65.6 Å². The zero-order chi connectivity index (χ0) is 31.9. The number of rotatable bonds is 7. The second kappa shape index (κ2) is 14.4. The number of amides is 2. The van der Waals surface area contributed by atoms with Crippen LogP contribution in [0.4, 0.5) is 4.79 Å². The van der Waals surface area contributed by atoms with Gasteiger partial charge in [0.2, 0.25) is 15.9 Å². The number of nitrogens with one attached hydrogen (secondary N) is 1. The molecule has 2 aliphatic heterocycles. The van der Waals surface area contributed by atoms with Gasteiger partial charge in [0.05, 0.1) is 25.9 Å². The summed E-state index contributed by atoms with van der Waals surface area (Å²) in [5.41, 5.74) is 0.0638. The van der Waals surface area contributed by atoms with E-state index in [0.29, 0.717) is 31.6 Å². The van der Waals surface area contributed by atoms with Gasteiger partial charge in [0, 0.05) is 38.2 Å². The van der Waals surface area contributed by atoms with Crippen molar-refractivity contribution in [2.75, 3.05) is 33.4 Å². The summed E-state index contributed by atoms with van der Waals surface area (Å²) in [5, 5.41) is 14.4. The Morgan fingerprint density at radius 3 is 2.61 bits per heavy atom. The van der Waals surface area contributed by atoms with E-state index in [1.807, 2.05) is 42.5 Å². The van der Waals surface area contributed by atoms with E-state index in [9.17, 15) is 23.1 Å². The van der Waals surface area contributed by atoms with E-state index in [4.69, 9.17) is 14.2 Å². The number of methoxy groups -OCH3 is 1. The number of fused-ring (bicyclic) bond motifs is 2. The van der Waals surface area contributed by atoms with E-state index in [0.717, 1.165) is 5.56 Å². The summed E-state index contributed by atoms with van der Waals surface area (Å²) in [7, 11) is -2.79. The smallest absolute Gasteiger partial charge is 0.407 e. The quantitative estimate of drug-likeness (QED) is 0.445. The van der Waals surface area contributed by atoms with Crippen molar-refractivity contribution < 1.29 is 37.3 Å². The van der Waals surface area contributed by atoms with Crippen molar-refractivity contribution >= 4 is 22.0 Å². The van der Waals surface area contributed by atoms with Crippen molar-refractivity contribution in [1.29, 1.82) is 0 Å². The molecule has 2 aromatic rings. The highest BCUT2D eigenvalue weighted by molar-refractivity contribution is 7.89. The third-order valence-corrected chi connectivity index (χ3v) is 9.37. The summed E-state index contributed by atoms with van der Waals surface area (Å²) in [6.07, 6.45) is 3.27. The fourth-order valence-corrected chi connectivity index (χ4v) is 6.92. The third-order valence-electron chi connectivity index (χ3n) is 7.50. The van der Waals surface area contributed by atoms with Crippen molar-refractivity contribution in [2.45, 2.75) is 75.1 Å². The molecule has 2 heterocycles. The Morgan fingerprint density at radius 2 is 1.91 bits per heavy atom. The topological polar surface area (TPSA) is 135 Å². The fourth-order valence-electron chi connectivity index (χ4n) is 5.31. The highest BCUT2D eigenvalue weighted by Gasteiger charge is 2.38. The molecular weight excluding hydrogens is 586 g/mol. The van der Waals surface area contributed by atoms with Crippen molar-refractivity contribution in [2.24, 2.45) is 0 Å². The number of hydrogen-bond acceptors (Lipinski definition) is 8. The number of carbonyl (C=O) groups excluding carboxylic acids is 2. The number of benzene rings is 2. The minimum absolute atomic E-state index is 0.0467. The second-order valence-corrected chi connectivity index (χ2v) is 13.9. The van der Waals surface area contributed by atoms with E-state index in [2.05, 4.69) is 5.32 Å². The number of β-amino-alcohol motifs (C(OH)–C–C–N with tert-alkyl or cyclic N) is 1. The molecule has 240 valence electrons. The lowest BCUT2D eigenvalue weighted by molar-refractivity contribution is -0.128. The molecule has 0 unspecified atom stereocenters. The summed E-state index contributed by atoms with van der Waals surface area (Å²) in [5.74, 6) is 0.508. The van der Waals surface area contributed by atoms with Crippen LogP contribution in [-0.2, 0) is 26.0 Å². The minimum atomic E-state index is -4.27. The van der Waals surface area contributed by atoms with Gasteiger partial charge < -0.3 is 29.5 Å². The van der Waals surface area contributed by atoms with Gasteiger partial charge in [-0.3, -0.25) is 4.79 Å². The predicted octanol–water partition coefficient (Wildman–Crippen LogP) is 3.51. The number of hydrogen-bond donors (Lipinski definition) is 2. The van der Waals surface area contributed by atoms with Gasteiger partial charge in [0.25, 0.3) is 0 Å². The molecule has 0 aliphatic carbocycles. The summed E-state index contributed by atoms with van der Waals surface area (Å²) in [4.78, 5) is 27.2. The van der Waals surface area contributed by atoms with Crippen LogP contribution in [-0.4, -0.2) is 91.9 Å². The molecule has 11 nitrogen and oxygen atoms in total. The first-order chi connectivity index (χ1) is 20.9. The highest BCUT2D eigenvalue weighted by Crippen LogP contribution is 2.33. The number of alkyl carbamates (subject to hydrolysis) is 1. The Labute approximate surface area is 259 Å². The van der Waals surface area contributed by atoms with Crippen LogP contribution in [0.3, 0.4) is 0 Å². The Hall–Kier alpha value is -3.61. The van der Waals surface area contributed by atoms with E-state index < -0.39 is 39.9 Å². The van der Waals surface area contributed by atoms with Gasteiger partial charge in [0.1, 0.15) is 22.0 Å². The van der Waals surface area contributed by atoms with Gasteiger partial charge in [-0.15, -0.1) is 0 Å². The van der Waals surface area contributed by atoms with Crippen molar-refractivity contribution in [3.8, 4) is 11.5 Å². The molecule has 12 heteroatoms. The Kier molecular flexibility index (Phi) is 10.9. The first-order valence-corrected chi connectivity index (χ1v) is 16.3. The summed E-state index contributed by atoms with van der Waals surface area (Å²) in [6, 6.07) is 12.5. The Bertz CT molecular complexity index is 1420. The van der Waals surface area contributed by atoms with E-state index in [1.165, 1.54) is 23.5 Å². The van der Waals surface area contributed by atoms with Crippen LogP contribution in [0.2, 0.25) is 0 Å². The van der Waals surface area contributed by atoms with E-state index in [1.54, 1.807) is 31.7 Å². The van der Waals surface area contributed by atoms with Gasteiger partial charge in [-0.2, -0.15) is 4.31 Å². The van der Waals surface area contributed by atoms with E-state index >= 15 is 0 Å². The Morgan fingerprint density at radius 1 is 1.16 bits per heavy atom. The fraction of sp³-hybridized carbons (Fsp3) is 0.500. The van der Waals surface area contributed by atoms with Crippen molar-refractivity contribution in [1.82, 2.24) is 14.5 Å². The van der Waals surface area contributed by atoms with Gasteiger partial charge in [-0.25, -0.2) is 13.2 Å². The maximum Gasteiger partial charge on any atom is 0.407 e. The minimum Gasteiger partial charge on any atom is -0.497 e. The van der Waals surface area contributed by atoms with Crippen LogP contribution in [0, 0.1) is 0 Å². The number of nitrogens with zero attached hydrogens (tertiary/aromatic N) is 2. The molecule has 3 atom stereocenters. The highest BCUT2D eigenvalue weighted by atomic mass is 32.2. The molecular formula is C32H43N3O8S. The van der Waals surface area contributed by atoms with Crippen LogP contribution >= 0.6 is 0 Å². The molecule has 2 N–H and O–H groups in total. The molecule has 4 rings (SSSR count). The zero-order valence-corrected chi connectivity index (χ0v) is 26.6. The molecule has 0 bridgehead atoms. The van der Waals surface area contributed by atoms with Gasteiger partial charge >= 0.3 is 6.09 Å². The van der Waals surface area contributed by atoms with Gasteiger partial charge in [-0.1, -0.05) is 42.5 Å². The number of ether oxygens (including phenoxy) is 3. The molecule has 44 heavy (non-hydrogen) atoms. The average molecular weight is 630 g/mol. The van der Waals surface area contributed by atoms with Gasteiger partial charge in [-0.05, 0) is 57.7 Å². The normalized spacial score (nSPS) is 21.2. The summed E-state index contributed by atoms with van der Waals surface area (Å²) >= 11 is 0. The summed E-state index contributed by atoms with van der Waals surface area (Å²) < 4.78 is 46.7. The average Bonchev–Trinajstić information content (AvgIpc) is 3.31. The van der Waals surface area contributed by atoms with Crippen LogP contribution in [0.25, 0.3) is 0 Å². The lowest BCUT2D eigenvalue weighted by Crippen LogP contribution is -2.53. The first kappa shape index (κ1) is 33.3. The number of aliphatic hydroxyl groups excluding tert-OH is 1. The van der Waals surface area contributed by atoms with Crippen LogP contribution in [0.5, 0.6) is 11.5 Å². The molecule has 2 aromatic carbocycles. The maximum atomic E-state index is 14.4. The number of carbonyl (C=O) groups is 2. The van der Waals surface area contributed by atoms with Gasteiger partial charge in [0.15, 0.2) is 0 Å². The monoisotopic (exact) mass is 629 g/mol. The van der Waals surface area contributed by atoms with E-state index in [-0.39, 0.29) is 42.7 Å². The SMILES string of the molecule is COc1ccc2c(c1)OCC/C=C/CN1C(=O)CC[C@@H]1CN(C[C@@H](O)[C@H](Cc1ccccc1)NC(=O)OC(C)(C)C)S2(=O)=O. The lowest BCUT2D eigenvalue weighted by atomic mass is 10.0. The largest absolute Gasteiger partial charge is 0.497 e. The first-order valence-electron chi connectivity index (χ1n) is 14.8. The van der Waals surface area contributed by atoms with Crippen molar-refractivity contribution in [3.63, 3.8) is 0 Å². The third kappa shape index (κ3) is 8.73. The predicted molar refractivity (Wildman–Crippen MR) is 165 cm³/mol. The lowest BCUT2D eigenvalue weighted by Gasteiger charge is -2.33. The molecule has 0 saturated carbocycles. The molecule has 1 saturated heterocycles.